The van der Waals surface area contributed by atoms with Gasteiger partial charge in [0.2, 0.25) is 0 Å². The zero-order valence-electron chi connectivity index (χ0n) is 13.0. The third kappa shape index (κ3) is 2.78. The van der Waals surface area contributed by atoms with Gasteiger partial charge in [-0.15, -0.1) is 22.7 Å². The summed E-state index contributed by atoms with van der Waals surface area (Å²) in [6.07, 6.45) is 7.68. The number of hydrogen-bond acceptors (Lipinski definition) is 5. The normalized spacial score (nSPS) is 16.5. The van der Waals surface area contributed by atoms with E-state index in [1.165, 1.54) is 34.8 Å². The fourth-order valence-electron chi connectivity index (χ4n) is 3.38. The first-order valence-electron chi connectivity index (χ1n) is 8.03. The van der Waals surface area contributed by atoms with Crippen molar-refractivity contribution in [3.05, 3.63) is 56.1 Å². The van der Waals surface area contributed by atoms with Crippen molar-refractivity contribution in [2.75, 3.05) is 0 Å². The summed E-state index contributed by atoms with van der Waals surface area (Å²) in [6, 6.07) is 4.03. The molecule has 1 amide bonds. The fourth-order valence-corrected chi connectivity index (χ4v) is 4.92. The third-order valence-corrected chi connectivity index (χ3v) is 6.32. The van der Waals surface area contributed by atoms with Crippen LogP contribution >= 0.6 is 22.7 Å². The van der Waals surface area contributed by atoms with Crippen molar-refractivity contribution in [2.45, 2.75) is 31.7 Å². The lowest BCUT2D eigenvalue weighted by molar-refractivity contribution is 0.0920. The number of nitrogens with one attached hydrogen (secondary N) is 1. The van der Waals surface area contributed by atoms with Gasteiger partial charge in [0, 0.05) is 22.7 Å². The van der Waals surface area contributed by atoms with E-state index in [0.29, 0.717) is 10.9 Å². The van der Waals surface area contributed by atoms with Gasteiger partial charge in [0.05, 0.1) is 6.04 Å². The Bertz CT molecular complexity index is 907. The number of amides is 1. The summed E-state index contributed by atoms with van der Waals surface area (Å²) in [5.41, 5.74) is -0.208. The molecule has 0 bridgehead atoms. The highest BCUT2D eigenvalue weighted by atomic mass is 32.1. The molecule has 3 aromatic heterocycles. The molecule has 0 radical (unpaired) electrons. The Kier molecular flexibility index (Phi) is 4.20. The Morgan fingerprint density at radius 2 is 2.12 bits per heavy atom. The lowest BCUT2D eigenvalue weighted by Gasteiger charge is -2.23. The summed E-state index contributed by atoms with van der Waals surface area (Å²) >= 11 is 3.03. The number of fused-ring (bicyclic) bond motifs is 1. The molecular weight excluding hydrogens is 342 g/mol. The predicted molar refractivity (Wildman–Crippen MR) is 95.8 cm³/mol. The van der Waals surface area contributed by atoms with E-state index < -0.39 is 0 Å². The van der Waals surface area contributed by atoms with Gasteiger partial charge in [0.15, 0.2) is 4.96 Å². The molecule has 1 aliphatic carbocycles. The van der Waals surface area contributed by atoms with Crippen LogP contribution in [0.5, 0.6) is 0 Å². The van der Waals surface area contributed by atoms with Gasteiger partial charge in [-0.25, -0.2) is 4.98 Å². The minimum atomic E-state index is -0.335. The van der Waals surface area contributed by atoms with Crippen LogP contribution in [0.3, 0.4) is 0 Å². The molecule has 5 nitrogen and oxygen atoms in total. The van der Waals surface area contributed by atoms with Crippen molar-refractivity contribution in [1.82, 2.24) is 14.7 Å². The van der Waals surface area contributed by atoms with E-state index in [4.69, 9.17) is 0 Å². The van der Waals surface area contributed by atoms with Crippen molar-refractivity contribution < 1.29 is 4.79 Å². The molecule has 1 saturated carbocycles. The maximum absolute atomic E-state index is 12.7. The van der Waals surface area contributed by atoms with Gasteiger partial charge in [0.1, 0.15) is 5.56 Å². The smallest absolute Gasteiger partial charge is 0.271 e. The van der Waals surface area contributed by atoms with E-state index in [1.54, 1.807) is 22.9 Å². The van der Waals surface area contributed by atoms with Gasteiger partial charge in [0.25, 0.3) is 11.5 Å². The van der Waals surface area contributed by atoms with Gasteiger partial charge in [-0.2, -0.15) is 0 Å². The summed E-state index contributed by atoms with van der Waals surface area (Å²) in [6.45, 7) is 0. The maximum Gasteiger partial charge on any atom is 0.271 e. The summed E-state index contributed by atoms with van der Waals surface area (Å²) in [4.78, 5) is 31.2. The van der Waals surface area contributed by atoms with Gasteiger partial charge >= 0.3 is 0 Å². The van der Waals surface area contributed by atoms with Crippen molar-refractivity contribution in [3.63, 3.8) is 0 Å². The molecule has 1 fully saturated rings. The molecule has 1 atom stereocenters. The van der Waals surface area contributed by atoms with Crippen LogP contribution in [0.1, 0.15) is 47.0 Å². The Labute approximate surface area is 147 Å². The first-order chi connectivity index (χ1) is 11.7. The lowest BCUT2D eigenvalue weighted by Crippen LogP contribution is -2.36. The van der Waals surface area contributed by atoms with Gasteiger partial charge in [-0.3, -0.25) is 14.0 Å². The zero-order valence-corrected chi connectivity index (χ0v) is 14.6. The highest BCUT2D eigenvalue weighted by molar-refractivity contribution is 7.15. The van der Waals surface area contributed by atoms with E-state index in [-0.39, 0.29) is 23.1 Å². The fraction of sp³-hybridized carbons (Fsp3) is 0.353. The largest absolute Gasteiger partial charge is 0.344 e. The molecule has 7 heteroatoms. The van der Waals surface area contributed by atoms with Crippen molar-refractivity contribution in [2.24, 2.45) is 5.92 Å². The van der Waals surface area contributed by atoms with E-state index in [2.05, 4.69) is 16.4 Å². The topological polar surface area (TPSA) is 63.5 Å². The highest BCUT2D eigenvalue weighted by Gasteiger charge is 2.29. The molecule has 24 heavy (non-hydrogen) atoms. The molecular formula is C17H17N3O2S2. The Morgan fingerprint density at radius 1 is 1.29 bits per heavy atom. The van der Waals surface area contributed by atoms with Crippen LogP contribution in [0.15, 0.2) is 40.1 Å². The summed E-state index contributed by atoms with van der Waals surface area (Å²) in [7, 11) is 0. The minimum Gasteiger partial charge on any atom is -0.344 e. The van der Waals surface area contributed by atoms with E-state index in [1.807, 2.05) is 11.4 Å². The molecule has 1 aliphatic rings. The molecule has 3 aromatic rings. The molecule has 0 aromatic carbocycles. The number of rotatable bonds is 4. The molecule has 0 spiro atoms. The number of nitrogens with zero attached hydrogens (tertiary/aromatic N) is 2. The number of hydrogen-bond donors (Lipinski definition) is 1. The number of aromatic nitrogens is 2. The predicted octanol–water partition coefficient (Wildman–Crippen LogP) is 3.48. The third-order valence-electron chi connectivity index (χ3n) is 4.59. The lowest BCUT2D eigenvalue weighted by atomic mass is 9.96. The Morgan fingerprint density at radius 3 is 2.88 bits per heavy atom. The maximum atomic E-state index is 12.7. The monoisotopic (exact) mass is 359 g/mol. The van der Waals surface area contributed by atoms with Crippen LogP contribution in [0, 0.1) is 5.92 Å². The van der Waals surface area contributed by atoms with E-state index >= 15 is 0 Å². The Balaban J connectivity index is 1.64. The van der Waals surface area contributed by atoms with Gasteiger partial charge in [-0.05, 0) is 30.2 Å². The Hall–Kier alpha value is -1.99. The molecule has 0 saturated heterocycles. The first kappa shape index (κ1) is 15.5. The van der Waals surface area contributed by atoms with Crippen LogP contribution in [0.4, 0.5) is 0 Å². The molecule has 3 heterocycles. The summed E-state index contributed by atoms with van der Waals surface area (Å²) in [5.74, 6) is 0.103. The van der Waals surface area contributed by atoms with Crippen molar-refractivity contribution >= 4 is 33.5 Å². The molecule has 4 rings (SSSR count). The van der Waals surface area contributed by atoms with Gasteiger partial charge < -0.3 is 5.32 Å². The molecule has 0 unspecified atom stereocenters. The van der Waals surface area contributed by atoms with Crippen LogP contribution in [0.25, 0.3) is 4.96 Å². The highest BCUT2D eigenvalue weighted by Crippen LogP contribution is 2.37. The van der Waals surface area contributed by atoms with Crippen LogP contribution in [-0.2, 0) is 0 Å². The first-order valence-corrected chi connectivity index (χ1v) is 9.79. The van der Waals surface area contributed by atoms with Gasteiger partial charge in [-0.1, -0.05) is 18.9 Å². The van der Waals surface area contributed by atoms with Crippen molar-refractivity contribution in [1.29, 1.82) is 0 Å². The number of carbonyl (C=O) groups excluding carboxylic acids is 1. The second-order valence-electron chi connectivity index (χ2n) is 6.04. The SMILES string of the molecule is O=C(N[C@@H](c1cccs1)C1CCCC1)c1cnc2sccn2c1=O. The number of thiophene rings is 1. The van der Waals surface area contributed by atoms with Crippen LogP contribution < -0.4 is 10.9 Å². The number of thiazole rings is 1. The molecule has 0 aliphatic heterocycles. The van der Waals surface area contributed by atoms with E-state index in [0.717, 1.165) is 17.7 Å². The molecule has 124 valence electrons. The second kappa shape index (κ2) is 6.49. The van der Waals surface area contributed by atoms with E-state index in [9.17, 15) is 9.59 Å². The quantitative estimate of drug-likeness (QED) is 0.776. The average molecular weight is 359 g/mol. The summed E-state index contributed by atoms with van der Waals surface area (Å²) in [5, 5.41) is 6.91. The zero-order chi connectivity index (χ0) is 16.5. The molecule has 1 N–H and O–H groups in total. The summed E-state index contributed by atoms with van der Waals surface area (Å²) < 4.78 is 1.43. The van der Waals surface area contributed by atoms with Crippen LogP contribution in [-0.4, -0.2) is 15.3 Å². The minimum absolute atomic E-state index is 0.0254. The van der Waals surface area contributed by atoms with Crippen molar-refractivity contribution in [3.8, 4) is 0 Å². The number of carbonyl (C=O) groups is 1. The van der Waals surface area contributed by atoms with Crippen LogP contribution in [0.2, 0.25) is 0 Å². The standard InChI is InChI=1S/C17H17N3O2S2/c21-15(12-10-18-17-20(16(12)22)7-9-24-17)19-14(11-4-1-2-5-11)13-6-3-8-23-13/h3,6-11,14H,1-2,4-5H2,(H,19,21)/t14-/m1/s1. The average Bonchev–Trinajstić information content (AvgIpc) is 3.34. The second-order valence-corrected chi connectivity index (χ2v) is 7.90.